The van der Waals surface area contributed by atoms with Gasteiger partial charge in [0.1, 0.15) is 12.3 Å². The fourth-order valence-corrected chi connectivity index (χ4v) is 0.656. The fraction of sp³-hybridized carbons (Fsp3) is 0.667. The van der Waals surface area contributed by atoms with Crippen molar-refractivity contribution >= 4 is 12.4 Å². The van der Waals surface area contributed by atoms with Crippen LogP contribution in [0.25, 0.3) is 0 Å². The Labute approximate surface area is 74.9 Å². The maximum Gasteiger partial charge on any atom is 0.405 e. The molecule has 2 unspecified atom stereocenters. The highest BCUT2D eigenvalue weighted by Crippen LogP contribution is 1.96. The first kappa shape index (κ1) is 11.8. The van der Waals surface area contributed by atoms with Crippen LogP contribution < -0.4 is 5.32 Å². The van der Waals surface area contributed by atoms with Crippen LogP contribution >= 0.6 is 0 Å². The predicted octanol–water partition coefficient (Wildman–Crippen LogP) is -1.37. The Bertz CT molecular complexity index is 186. The van der Waals surface area contributed by atoms with Gasteiger partial charge in [0.25, 0.3) is 0 Å². The minimum Gasteiger partial charge on any atom is -0.465 e. The van der Waals surface area contributed by atoms with E-state index in [2.05, 4.69) is 4.84 Å². The van der Waals surface area contributed by atoms with Gasteiger partial charge in [0.05, 0.1) is 7.11 Å². The summed E-state index contributed by atoms with van der Waals surface area (Å²) in [4.78, 5) is 25.0. The van der Waals surface area contributed by atoms with Crippen LogP contribution in [0.4, 0.5) is 4.79 Å². The van der Waals surface area contributed by atoms with Crippen LogP contribution in [0.15, 0.2) is 0 Å². The Hall–Kier alpha value is -1.18. The van der Waals surface area contributed by atoms with Gasteiger partial charge in [-0.15, -0.1) is 0 Å². The quantitative estimate of drug-likeness (QED) is 0.282. The maximum atomic E-state index is 10.3. The second kappa shape index (κ2) is 5.46. The third-order valence-corrected chi connectivity index (χ3v) is 1.42. The van der Waals surface area contributed by atoms with Crippen LogP contribution in [0, 0.1) is 0 Å². The molecule has 0 heterocycles. The number of nitrogens with one attached hydrogen (secondary N) is 1. The van der Waals surface area contributed by atoms with E-state index in [9.17, 15) is 14.7 Å². The van der Waals surface area contributed by atoms with E-state index >= 15 is 0 Å². The summed E-state index contributed by atoms with van der Waals surface area (Å²) in [6.07, 6.45) is -2.45. The summed E-state index contributed by atoms with van der Waals surface area (Å²) in [5.41, 5.74) is 0. The second-order valence-electron chi connectivity index (χ2n) is 2.25. The van der Waals surface area contributed by atoms with E-state index < -0.39 is 18.4 Å². The first-order valence-corrected chi connectivity index (χ1v) is 3.42. The molecule has 0 aromatic carbocycles. The molecular formula is C6H12N2O5. The normalized spacial score (nSPS) is 15.1. The fourth-order valence-electron chi connectivity index (χ4n) is 0.656. The van der Waals surface area contributed by atoms with E-state index in [1.54, 1.807) is 0 Å². The standard InChI is InChI=1S/C6H12N2O5/c1-8(13-2)5(10)4(3-9)7-6(11)12/h3-5,7,10H,1-2H3,(H,11,12). The third-order valence-electron chi connectivity index (χ3n) is 1.42. The van der Waals surface area contributed by atoms with Gasteiger partial charge in [-0.05, 0) is 0 Å². The molecule has 7 heteroatoms. The maximum absolute atomic E-state index is 10.3. The molecule has 1 amide bonds. The summed E-state index contributed by atoms with van der Waals surface area (Å²) in [7, 11) is 2.65. The lowest BCUT2D eigenvalue weighted by Crippen LogP contribution is -2.50. The monoisotopic (exact) mass is 192 g/mol. The van der Waals surface area contributed by atoms with Crippen LogP contribution in [0.2, 0.25) is 0 Å². The number of hydrogen-bond acceptors (Lipinski definition) is 5. The minimum absolute atomic E-state index is 0.286. The van der Waals surface area contributed by atoms with Gasteiger partial charge in [-0.1, -0.05) is 0 Å². The number of carbonyl (C=O) groups is 2. The second-order valence-corrected chi connectivity index (χ2v) is 2.25. The molecule has 0 rings (SSSR count). The van der Waals surface area contributed by atoms with Gasteiger partial charge in [-0.3, -0.25) is 4.84 Å². The zero-order valence-electron chi connectivity index (χ0n) is 7.30. The highest BCUT2D eigenvalue weighted by molar-refractivity contribution is 5.71. The molecule has 0 aliphatic heterocycles. The Morgan fingerprint density at radius 1 is 1.69 bits per heavy atom. The molecule has 0 aromatic rings. The molecule has 0 saturated carbocycles. The van der Waals surface area contributed by atoms with Crippen molar-refractivity contribution in [3.05, 3.63) is 0 Å². The lowest BCUT2D eigenvalue weighted by Gasteiger charge is -2.24. The summed E-state index contributed by atoms with van der Waals surface area (Å²) in [6.45, 7) is 0. The van der Waals surface area contributed by atoms with Gasteiger partial charge in [0, 0.05) is 7.05 Å². The predicted molar refractivity (Wildman–Crippen MR) is 41.8 cm³/mol. The van der Waals surface area contributed by atoms with Gasteiger partial charge in [-0.25, -0.2) is 4.79 Å². The van der Waals surface area contributed by atoms with E-state index in [0.717, 1.165) is 5.06 Å². The number of likely N-dealkylation sites (N-methyl/N-ethyl adjacent to an activating group) is 1. The smallest absolute Gasteiger partial charge is 0.405 e. The molecule has 0 spiro atoms. The van der Waals surface area contributed by atoms with Crippen LogP contribution in [-0.4, -0.2) is 54.1 Å². The molecule has 0 aliphatic rings. The molecule has 2 atom stereocenters. The Balaban J connectivity index is 4.21. The molecule has 0 saturated heterocycles. The number of rotatable bonds is 5. The van der Waals surface area contributed by atoms with E-state index in [1.807, 2.05) is 5.32 Å². The van der Waals surface area contributed by atoms with Crippen molar-refractivity contribution in [1.29, 1.82) is 0 Å². The average molecular weight is 192 g/mol. The van der Waals surface area contributed by atoms with Crippen molar-refractivity contribution in [3.63, 3.8) is 0 Å². The number of nitrogens with zero attached hydrogens (tertiary/aromatic N) is 1. The summed E-state index contributed by atoms with van der Waals surface area (Å²) < 4.78 is 0. The summed E-state index contributed by atoms with van der Waals surface area (Å²) in [5, 5.41) is 20.3. The molecule has 76 valence electrons. The van der Waals surface area contributed by atoms with Crippen molar-refractivity contribution in [1.82, 2.24) is 10.4 Å². The number of hydrogen-bond donors (Lipinski definition) is 3. The highest BCUT2D eigenvalue weighted by atomic mass is 16.7. The molecule has 0 radical (unpaired) electrons. The number of hydroxylamine groups is 2. The zero-order valence-corrected chi connectivity index (χ0v) is 7.30. The molecule has 7 nitrogen and oxygen atoms in total. The minimum atomic E-state index is -1.39. The first-order chi connectivity index (χ1) is 6.02. The van der Waals surface area contributed by atoms with Gasteiger partial charge in [0.2, 0.25) is 0 Å². The molecule has 3 N–H and O–H groups in total. The molecule has 0 aromatic heterocycles. The average Bonchev–Trinajstić information content (AvgIpc) is 2.11. The van der Waals surface area contributed by atoms with Crippen LogP contribution in [0.1, 0.15) is 0 Å². The van der Waals surface area contributed by atoms with Crippen molar-refractivity contribution in [2.24, 2.45) is 0 Å². The molecule has 0 fully saturated rings. The van der Waals surface area contributed by atoms with Gasteiger partial charge in [-0.2, -0.15) is 5.06 Å². The van der Waals surface area contributed by atoms with Crippen LogP contribution in [-0.2, 0) is 9.63 Å². The van der Waals surface area contributed by atoms with Crippen molar-refractivity contribution in [3.8, 4) is 0 Å². The highest BCUT2D eigenvalue weighted by Gasteiger charge is 2.24. The van der Waals surface area contributed by atoms with E-state index in [1.165, 1.54) is 14.2 Å². The lowest BCUT2D eigenvalue weighted by molar-refractivity contribution is -0.209. The topological polar surface area (TPSA) is 99.1 Å². The molecule has 0 aliphatic carbocycles. The van der Waals surface area contributed by atoms with E-state index in [0.29, 0.717) is 0 Å². The summed E-state index contributed by atoms with van der Waals surface area (Å²) in [6, 6.07) is -1.23. The van der Waals surface area contributed by atoms with Crippen LogP contribution in [0.3, 0.4) is 0 Å². The first-order valence-electron chi connectivity index (χ1n) is 3.42. The number of amides is 1. The van der Waals surface area contributed by atoms with Gasteiger partial charge >= 0.3 is 6.09 Å². The van der Waals surface area contributed by atoms with Crippen molar-refractivity contribution in [2.45, 2.75) is 12.3 Å². The Morgan fingerprint density at radius 2 is 2.23 bits per heavy atom. The Kier molecular flexibility index (Phi) is 4.97. The summed E-state index contributed by atoms with van der Waals surface area (Å²) in [5.74, 6) is 0. The van der Waals surface area contributed by atoms with Gasteiger partial charge in [0.15, 0.2) is 6.23 Å². The van der Waals surface area contributed by atoms with Gasteiger partial charge < -0.3 is 20.3 Å². The molecular weight excluding hydrogens is 180 g/mol. The number of aldehydes is 1. The third kappa shape index (κ3) is 3.83. The van der Waals surface area contributed by atoms with E-state index in [4.69, 9.17) is 5.11 Å². The largest absolute Gasteiger partial charge is 0.465 e. The Morgan fingerprint density at radius 3 is 2.54 bits per heavy atom. The summed E-state index contributed by atoms with van der Waals surface area (Å²) >= 11 is 0. The van der Waals surface area contributed by atoms with Crippen molar-refractivity contribution in [2.75, 3.05) is 14.2 Å². The zero-order chi connectivity index (χ0) is 10.4. The molecule has 13 heavy (non-hydrogen) atoms. The lowest BCUT2D eigenvalue weighted by atomic mass is 10.3. The number of carbonyl (C=O) groups excluding carboxylic acids is 1. The number of aliphatic hydroxyl groups is 1. The SMILES string of the molecule is CON(C)C(O)C(C=O)NC(=O)O. The van der Waals surface area contributed by atoms with Crippen molar-refractivity contribution < 1.29 is 24.6 Å². The number of carboxylic acid groups (broad SMARTS) is 1. The molecule has 0 bridgehead atoms. The number of aliphatic hydroxyl groups excluding tert-OH is 1. The van der Waals surface area contributed by atoms with E-state index in [-0.39, 0.29) is 6.29 Å². The van der Waals surface area contributed by atoms with Crippen LogP contribution in [0.5, 0.6) is 0 Å².